The summed E-state index contributed by atoms with van der Waals surface area (Å²) < 4.78 is 10.9. The van der Waals surface area contributed by atoms with E-state index in [1.807, 2.05) is 18.3 Å². The maximum Gasteiger partial charge on any atom is 0.129 e. The summed E-state index contributed by atoms with van der Waals surface area (Å²) in [6.07, 6.45) is 5.94. The number of piperidine rings is 1. The van der Waals surface area contributed by atoms with Crippen LogP contribution in [0.25, 0.3) is 10.9 Å². The Balaban J connectivity index is 1.37. The minimum atomic E-state index is 0.271. The van der Waals surface area contributed by atoms with E-state index in [-0.39, 0.29) is 6.10 Å². The number of likely N-dealkylation sites (tertiary alicyclic amines) is 1. The molecule has 1 aliphatic heterocycles. The highest BCUT2D eigenvalue weighted by atomic mass is 16.6. The molecular weight excluding hydrogens is 280 g/mol. The van der Waals surface area contributed by atoms with E-state index in [1.165, 1.54) is 0 Å². The van der Waals surface area contributed by atoms with E-state index in [0.717, 1.165) is 54.8 Å². The molecule has 6 heteroatoms. The van der Waals surface area contributed by atoms with Crippen molar-refractivity contribution in [3.8, 4) is 5.75 Å². The summed E-state index contributed by atoms with van der Waals surface area (Å²) in [5, 5.41) is 8.66. The quantitative estimate of drug-likeness (QED) is 0.802. The maximum absolute atomic E-state index is 6.22. The smallest absolute Gasteiger partial charge is 0.129 e. The average molecular weight is 298 g/mol. The molecule has 1 N–H and O–H groups in total. The number of aromatic amines is 1. The molecule has 0 unspecified atom stereocenters. The number of aromatic nitrogens is 3. The number of hydrogen-bond donors (Lipinski definition) is 1. The van der Waals surface area contributed by atoms with Crippen LogP contribution >= 0.6 is 0 Å². The Morgan fingerprint density at radius 1 is 1.27 bits per heavy atom. The second kappa shape index (κ2) is 5.81. The lowest BCUT2D eigenvalue weighted by Crippen LogP contribution is -2.37. The largest absolute Gasteiger partial charge is 0.490 e. The second-order valence-corrected chi connectivity index (χ2v) is 5.69. The van der Waals surface area contributed by atoms with Crippen molar-refractivity contribution in [1.82, 2.24) is 20.2 Å². The zero-order valence-electron chi connectivity index (χ0n) is 12.2. The van der Waals surface area contributed by atoms with Gasteiger partial charge in [0.15, 0.2) is 0 Å². The van der Waals surface area contributed by atoms with Crippen LogP contribution in [0.15, 0.2) is 41.3 Å². The predicted molar refractivity (Wildman–Crippen MR) is 81.5 cm³/mol. The molecule has 0 radical (unpaired) electrons. The molecule has 1 saturated heterocycles. The molecule has 1 fully saturated rings. The van der Waals surface area contributed by atoms with Crippen LogP contribution in [-0.4, -0.2) is 39.4 Å². The molecule has 1 aromatic carbocycles. The van der Waals surface area contributed by atoms with E-state index in [4.69, 9.17) is 4.74 Å². The Kier molecular flexibility index (Phi) is 3.52. The lowest BCUT2D eigenvalue weighted by molar-refractivity contribution is 0.0965. The number of H-pyrrole nitrogens is 1. The van der Waals surface area contributed by atoms with Gasteiger partial charge in [0.25, 0.3) is 0 Å². The first kappa shape index (κ1) is 13.3. The van der Waals surface area contributed by atoms with Crippen LogP contribution in [0.4, 0.5) is 0 Å². The van der Waals surface area contributed by atoms with Gasteiger partial charge in [-0.25, -0.2) is 4.63 Å². The van der Waals surface area contributed by atoms with E-state index in [2.05, 4.69) is 37.0 Å². The second-order valence-electron chi connectivity index (χ2n) is 5.69. The van der Waals surface area contributed by atoms with E-state index < -0.39 is 0 Å². The van der Waals surface area contributed by atoms with Gasteiger partial charge in [0.1, 0.15) is 17.5 Å². The fourth-order valence-corrected chi connectivity index (χ4v) is 3.01. The fourth-order valence-electron chi connectivity index (χ4n) is 3.01. The first-order valence-corrected chi connectivity index (χ1v) is 7.60. The molecule has 1 aliphatic rings. The van der Waals surface area contributed by atoms with Gasteiger partial charge in [0.05, 0.1) is 6.20 Å². The number of nitrogens with zero attached hydrogens (tertiary/aromatic N) is 3. The maximum atomic E-state index is 6.22. The summed E-state index contributed by atoms with van der Waals surface area (Å²) in [6, 6.07) is 8.21. The first-order chi connectivity index (χ1) is 10.9. The van der Waals surface area contributed by atoms with Crippen LogP contribution in [0.5, 0.6) is 5.75 Å². The van der Waals surface area contributed by atoms with Crippen LogP contribution < -0.4 is 4.74 Å². The highest BCUT2D eigenvalue weighted by Crippen LogP contribution is 2.27. The number of benzene rings is 1. The van der Waals surface area contributed by atoms with Crippen molar-refractivity contribution in [3.63, 3.8) is 0 Å². The Morgan fingerprint density at radius 3 is 3.00 bits per heavy atom. The molecule has 4 rings (SSSR count). The summed E-state index contributed by atoms with van der Waals surface area (Å²) in [6.45, 7) is 2.80. The van der Waals surface area contributed by atoms with Crippen molar-refractivity contribution >= 4 is 10.9 Å². The fraction of sp³-hybridized carbons (Fsp3) is 0.375. The van der Waals surface area contributed by atoms with Crippen molar-refractivity contribution in [2.75, 3.05) is 13.1 Å². The van der Waals surface area contributed by atoms with Crippen LogP contribution in [0.2, 0.25) is 0 Å². The monoisotopic (exact) mass is 298 g/mol. The molecule has 0 atom stereocenters. The van der Waals surface area contributed by atoms with E-state index in [9.17, 15) is 0 Å². The van der Waals surface area contributed by atoms with E-state index in [1.54, 1.807) is 6.20 Å². The Labute approximate surface area is 128 Å². The highest BCUT2D eigenvalue weighted by Gasteiger charge is 2.21. The van der Waals surface area contributed by atoms with Crippen molar-refractivity contribution in [3.05, 3.63) is 42.4 Å². The third-order valence-corrected chi connectivity index (χ3v) is 4.18. The van der Waals surface area contributed by atoms with Crippen LogP contribution in [0.1, 0.15) is 18.5 Å². The molecule has 3 aromatic rings. The first-order valence-electron chi connectivity index (χ1n) is 7.60. The number of hydrogen-bond acceptors (Lipinski definition) is 5. The number of fused-ring (bicyclic) bond motifs is 1. The standard InChI is InChI=1S/C16H18N4O2/c1-2-15-14(4-7-17-15)16(3-1)21-13-5-8-20(9-6-13)11-12-10-18-22-19-12/h1-4,7,10,13,17H,5-6,8-9,11H2. The van der Waals surface area contributed by atoms with Gasteiger partial charge in [-0.1, -0.05) is 16.4 Å². The van der Waals surface area contributed by atoms with Crippen LogP contribution in [0.3, 0.4) is 0 Å². The number of ether oxygens (including phenoxy) is 1. The Morgan fingerprint density at radius 2 is 2.18 bits per heavy atom. The van der Waals surface area contributed by atoms with Crippen molar-refractivity contribution < 1.29 is 9.37 Å². The normalized spacial score (nSPS) is 17.1. The van der Waals surface area contributed by atoms with Crippen molar-refractivity contribution in [2.24, 2.45) is 0 Å². The summed E-state index contributed by atoms with van der Waals surface area (Å²) in [5.74, 6) is 0.970. The lowest BCUT2D eigenvalue weighted by atomic mass is 10.1. The summed E-state index contributed by atoms with van der Waals surface area (Å²) in [5.41, 5.74) is 2.00. The van der Waals surface area contributed by atoms with E-state index in [0.29, 0.717) is 0 Å². The molecule has 22 heavy (non-hydrogen) atoms. The van der Waals surface area contributed by atoms with Crippen molar-refractivity contribution in [2.45, 2.75) is 25.5 Å². The molecule has 6 nitrogen and oxygen atoms in total. The molecule has 0 spiro atoms. The van der Waals surface area contributed by atoms with Gasteiger partial charge in [0.2, 0.25) is 0 Å². The van der Waals surface area contributed by atoms with Crippen LogP contribution in [-0.2, 0) is 6.54 Å². The molecule has 0 saturated carbocycles. The Hall–Kier alpha value is -2.34. The Bertz CT molecular complexity index is 730. The summed E-state index contributed by atoms with van der Waals surface area (Å²) in [7, 11) is 0. The van der Waals surface area contributed by atoms with E-state index >= 15 is 0 Å². The summed E-state index contributed by atoms with van der Waals surface area (Å²) >= 11 is 0. The molecule has 0 bridgehead atoms. The third kappa shape index (κ3) is 2.69. The van der Waals surface area contributed by atoms with Gasteiger partial charge in [-0.05, 0) is 31.0 Å². The SMILES string of the molecule is c1cc(OC2CCN(Cc3cnon3)CC2)c2cc[nH]c2c1. The van der Waals surface area contributed by atoms with Crippen molar-refractivity contribution in [1.29, 1.82) is 0 Å². The average Bonchev–Trinajstić information content (AvgIpc) is 3.21. The zero-order valence-corrected chi connectivity index (χ0v) is 12.2. The van der Waals surface area contributed by atoms with Gasteiger partial charge in [0, 0.05) is 36.7 Å². The molecule has 3 heterocycles. The van der Waals surface area contributed by atoms with Crippen LogP contribution in [0, 0.1) is 0 Å². The third-order valence-electron chi connectivity index (χ3n) is 4.18. The molecule has 114 valence electrons. The lowest BCUT2D eigenvalue weighted by Gasteiger charge is -2.31. The minimum absolute atomic E-state index is 0.271. The van der Waals surface area contributed by atoms with Gasteiger partial charge < -0.3 is 9.72 Å². The minimum Gasteiger partial charge on any atom is -0.490 e. The predicted octanol–water partition coefficient (Wildman–Crippen LogP) is 2.59. The molecular formula is C16H18N4O2. The van der Waals surface area contributed by atoms with Gasteiger partial charge in [-0.3, -0.25) is 4.90 Å². The van der Waals surface area contributed by atoms with Gasteiger partial charge in [-0.2, -0.15) is 0 Å². The van der Waals surface area contributed by atoms with Gasteiger partial charge >= 0.3 is 0 Å². The number of nitrogens with one attached hydrogen (secondary N) is 1. The van der Waals surface area contributed by atoms with Gasteiger partial charge in [-0.15, -0.1) is 0 Å². The molecule has 0 aliphatic carbocycles. The summed E-state index contributed by atoms with van der Waals surface area (Å²) in [4.78, 5) is 5.58. The topological polar surface area (TPSA) is 67.2 Å². The highest BCUT2D eigenvalue weighted by molar-refractivity contribution is 5.85. The zero-order chi connectivity index (χ0) is 14.8. The molecule has 0 amide bonds. The number of rotatable bonds is 4. The molecule has 2 aromatic heterocycles.